The van der Waals surface area contributed by atoms with Crippen molar-refractivity contribution in [1.29, 1.82) is 0 Å². The van der Waals surface area contributed by atoms with Crippen LogP contribution in [0.25, 0.3) is 0 Å². The molecule has 0 aliphatic carbocycles. The van der Waals surface area contributed by atoms with E-state index in [2.05, 4.69) is 36.4 Å². The maximum atomic E-state index is 6.33. The molecule has 2 aromatic rings. The minimum absolute atomic E-state index is 0.730. The molecule has 0 spiro atoms. The van der Waals surface area contributed by atoms with Gasteiger partial charge in [-0.15, -0.1) is 0 Å². The summed E-state index contributed by atoms with van der Waals surface area (Å²) in [7, 11) is 3.47. The summed E-state index contributed by atoms with van der Waals surface area (Å²) >= 11 is 7.82. The van der Waals surface area contributed by atoms with Gasteiger partial charge >= 0.3 is 0 Å². The highest BCUT2D eigenvalue weighted by Crippen LogP contribution is 2.22. The Morgan fingerprint density at radius 3 is 2.71 bits per heavy atom. The monoisotopic (exact) mass is 422 g/mol. The van der Waals surface area contributed by atoms with Crippen molar-refractivity contribution in [3.05, 3.63) is 34.6 Å². The van der Waals surface area contributed by atoms with Crippen molar-refractivity contribution >= 4 is 34.2 Å². The van der Waals surface area contributed by atoms with Crippen molar-refractivity contribution in [2.24, 2.45) is 4.99 Å². The molecule has 0 atom stereocenters. The lowest BCUT2D eigenvalue weighted by Gasteiger charge is -2.36. The number of nitrogens with zero attached hydrogens (tertiary/aromatic N) is 5. The molecule has 28 heavy (non-hydrogen) atoms. The molecule has 0 radical (unpaired) electrons. The van der Waals surface area contributed by atoms with Gasteiger partial charge in [0.15, 0.2) is 5.96 Å². The van der Waals surface area contributed by atoms with Crippen LogP contribution < -0.4 is 15.0 Å². The van der Waals surface area contributed by atoms with Crippen molar-refractivity contribution in [2.75, 3.05) is 51.8 Å². The smallest absolute Gasteiger partial charge is 0.205 e. The van der Waals surface area contributed by atoms with E-state index in [0.29, 0.717) is 0 Å². The SMILES string of the molecule is CCc1nsc(N2CCN(C(=NC)NCCc3ccc(OC)cc3Cl)CC2)n1. The van der Waals surface area contributed by atoms with Crippen LogP contribution >= 0.6 is 23.1 Å². The van der Waals surface area contributed by atoms with Crippen LogP contribution in [0.15, 0.2) is 23.2 Å². The number of hydrogen-bond donors (Lipinski definition) is 1. The van der Waals surface area contributed by atoms with Crippen LogP contribution in [0.1, 0.15) is 18.3 Å². The second kappa shape index (κ2) is 9.93. The van der Waals surface area contributed by atoms with Gasteiger partial charge in [-0.2, -0.15) is 4.37 Å². The van der Waals surface area contributed by atoms with Crippen LogP contribution in [0, 0.1) is 0 Å². The number of anilines is 1. The quantitative estimate of drug-likeness (QED) is 0.570. The number of nitrogens with one attached hydrogen (secondary N) is 1. The second-order valence-electron chi connectivity index (χ2n) is 6.50. The molecule has 0 amide bonds. The molecular weight excluding hydrogens is 396 g/mol. The van der Waals surface area contributed by atoms with Gasteiger partial charge in [0.05, 0.1) is 7.11 Å². The van der Waals surface area contributed by atoms with E-state index in [0.717, 1.165) is 78.8 Å². The van der Waals surface area contributed by atoms with Crippen molar-refractivity contribution in [3.8, 4) is 5.75 Å². The number of methoxy groups -OCH3 is 1. The summed E-state index contributed by atoms with van der Waals surface area (Å²) in [6, 6.07) is 5.80. The number of aromatic nitrogens is 2. The summed E-state index contributed by atoms with van der Waals surface area (Å²) in [6.07, 6.45) is 1.71. The molecule has 0 bridgehead atoms. The average molecular weight is 423 g/mol. The van der Waals surface area contributed by atoms with Gasteiger partial charge in [0.2, 0.25) is 5.13 Å². The summed E-state index contributed by atoms with van der Waals surface area (Å²) in [5, 5.41) is 5.21. The fraction of sp³-hybridized carbons (Fsp3) is 0.526. The van der Waals surface area contributed by atoms with Crippen molar-refractivity contribution < 1.29 is 4.74 Å². The number of halogens is 1. The Balaban J connectivity index is 1.48. The molecule has 1 saturated heterocycles. The number of aryl methyl sites for hydroxylation is 1. The Morgan fingerprint density at radius 1 is 1.32 bits per heavy atom. The number of guanidine groups is 1. The maximum Gasteiger partial charge on any atom is 0.205 e. The lowest BCUT2D eigenvalue weighted by atomic mass is 10.1. The highest BCUT2D eigenvalue weighted by atomic mass is 35.5. The van der Waals surface area contributed by atoms with Gasteiger partial charge in [0, 0.05) is 62.7 Å². The van der Waals surface area contributed by atoms with E-state index in [9.17, 15) is 0 Å². The summed E-state index contributed by atoms with van der Waals surface area (Å²) in [4.78, 5) is 13.6. The zero-order valence-corrected chi connectivity index (χ0v) is 18.2. The molecule has 1 aromatic carbocycles. The van der Waals surface area contributed by atoms with Crippen molar-refractivity contribution in [3.63, 3.8) is 0 Å². The highest BCUT2D eigenvalue weighted by Gasteiger charge is 2.22. The van der Waals surface area contributed by atoms with Gasteiger partial charge < -0.3 is 19.9 Å². The van der Waals surface area contributed by atoms with Gasteiger partial charge in [-0.25, -0.2) is 4.98 Å². The van der Waals surface area contributed by atoms with Gasteiger partial charge in [-0.3, -0.25) is 4.99 Å². The molecule has 0 saturated carbocycles. The number of piperazine rings is 1. The zero-order chi connectivity index (χ0) is 19.9. The van der Waals surface area contributed by atoms with E-state index < -0.39 is 0 Å². The summed E-state index contributed by atoms with van der Waals surface area (Å²) in [5.41, 5.74) is 1.10. The fourth-order valence-electron chi connectivity index (χ4n) is 3.13. The molecule has 1 N–H and O–H groups in total. The van der Waals surface area contributed by atoms with Gasteiger partial charge in [0.1, 0.15) is 11.6 Å². The van der Waals surface area contributed by atoms with E-state index in [1.165, 1.54) is 11.5 Å². The molecule has 7 nitrogen and oxygen atoms in total. The van der Waals surface area contributed by atoms with Crippen LogP contribution in [0.5, 0.6) is 5.75 Å². The molecule has 1 aromatic heterocycles. The van der Waals surface area contributed by atoms with Crippen LogP contribution in [0.3, 0.4) is 0 Å². The Kier molecular flexibility index (Phi) is 7.33. The van der Waals surface area contributed by atoms with Crippen LogP contribution in [-0.4, -0.2) is 67.1 Å². The molecule has 3 rings (SSSR count). The Hall–Kier alpha value is -2.06. The fourth-order valence-corrected chi connectivity index (χ4v) is 4.19. The molecule has 1 fully saturated rings. The number of rotatable bonds is 6. The van der Waals surface area contributed by atoms with Gasteiger partial charge in [-0.05, 0) is 24.1 Å². The Morgan fingerprint density at radius 2 is 2.11 bits per heavy atom. The van der Waals surface area contributed by atoms with E-state index in [1.54, 1.807) is 7.11 Å². The number of aliphatic imine (C=N–C) groups is 1. The third kappa shape index (κ3) is 5.05. The first kappa shape index (κ1) is 20.7. The zero-order valence-electron chi connectivity index (χ0n) is 16.6. The predicted octanol–water partition coefficient (Wildman–Crippen LogP) is 2.70. The molecule has 9 heteroatoms. The number of benzene rings is 1. The summed E-state index contributed by atoms with van der Waals surface area (Å²) in [6.45, 7) is 6.51. The van der Waals surface area contributed by atoms with Crippen molar-refractivity contribution in [2.45, 2.75) is 19.8 Å². The largest absolute Gasteiger partial charge is 0.497 e. The highest BCUT2D eigenvalue weighted by molar-refractivity contribution is 7.09. The Bertz CT molecular complexity index is 803. The molecule has 1 aliphatic heterocycles. The van der Waals surface area contributed by atoms with Crippen LogP contribution in [0.4, 0.5) is 5.13 Å². The Labute approximate surface area is 175 Å². The summed E-state index contributed by atoms with van der Waals surface area (Å²) < 4.78 is 9.59. The lowest BCUT2D eigenvalue weighted by Crippen LogP contribution is -2.52. The predicted molar refractivity (Wildman–Crippen MR) is 116 cm³/mol. The lowest BCUT2D eigenvalue weighted by molar-refractivity contribution is 0.372. The molecule has 152 valence electrons. The first-order valence-electron chi connectivity index (χ1n) is 9.50. The van der Waals surface area contributed by atoms with Crippen LogP contribution in [-0.2, 0) is 12.8 Å². The van der Waals surface area contributed by atoms with Crippen molar-refractivity contribution in [1.82, 2.24) is 19.6 Å². The molecule has 0 unspecified atom stereocenters. The van der Waals surface area contributed by atoms with Gasteiger partial charge in [-0.1, -0.05) is 24.6 Å². The first-order valence-corrected chi connectivity index (χ1v) is 10.6. The third-order valence-electron chi connectivity index (χ3n) is 4.77. The van der Waals surface area contributed by atoms with Gasteiger partial charge in [0.25, 0.3) is 0 Å². The topological polar surface area (TPSA) is 65.9 Å². The van der Waals surface area contributed by atoms with E-state index in [1.807, 2.05) is 25.2 Å². The maximum absolute atomic E-state index is 6.33. The van der Waals surface area contributed by atoms with E-state index in [4.69, 9.17) is 16.3 Å². The minimum atomic E-state index is 0.730. The average Bonchev–Trinajstić information content (AvgIpc) is 3.21. The second-order valence-corrected chi connectivity index (χ2v) is 7.64. The summed E-state index contributed by atoms with van der Waals surface area (Å²) in [5.74, 6) is 2.63. The first-order chi connectivity index (χ1) is 13.6. The van der Waals surface area contributed by atoms with E-state index in [-0.39, 0.29) is 0 Å². The molecule has 1 aliphatic rings. The number of ether oxygens (including phenoxy) is 1. The number of hydrogen-bond acceptors (Lipinski definition) is 6. The standard InChI is InChI=1S/C19H27ClN6OS/c1-4-17-23-19(28-24-17)26-11-9-25(10-12-26)18(21-2)22-8-7-14-5-6-15(27-3)13-16(14)20/h5-6,13H,4,7-12H2,1-3H3,(H,21,22). The normalized spacial score (nSPS) is 15.1. The van der Waals surface area contributed by atoms with E-state index >= 15 is 0 Å². The van der Waals surface area contributed by atoms with Crippen LogP contribution in [0.2, 0.25) is 5.02 Å². The minimum Gasteiger partial charge on any atom is -0.497 e. The molecular formula is C19H27ClN6OS. The molecule has 2 heterocycles. The third-order valence-corrected chi connectivity index (χ3v) is 5.94.